The van der Waals surface area contributed by atoms with E-state index in [0.717, 1.165) is 30.3 Å². The molecule has 0 radical (unpaired) electrons. The van der Waals surface area contributed by atoms with Crippen LogP contribution in [0.3, 0.4) is 0 Å². The molecule has 3 N–H and O–H groups in total. The number of rotatable bonds is 7. The fourth-order valence-electron chi connectivity index (χ4n) is 3.22. The minimum absolute atomic E-state index is 0.212. The van der Waals surface area contributed by atoms with Gasteiger partial charge in [-0.25, -0.2) is 4.79 Å². The number of aliphatic hydroxyl groups is 1. The number of carbonyl (C=O) groups excluding carboxylic acids is 1. The second kappa shape index (κ2) is 9.82. The maximum absolute atomic E-state index is 13.0. The quantitative estimate of drug-likeness (QED) is 0.409. The van der Waals surface area contributed by atoms with Gasteiger partial charge in [-0.3, -0.25) is 4.79 Å². The van der Waals surface area contributed by atoms with Crippen molar-refractivity contribution in [2.24, 2.45) is 0 Å². The lowest BCUT2D eigenvalue weighted by molar-refractivity contribution is -0.178. The van der Waals surface area contributed by atoms with E-state index in [2.05, 4.69) is 0 Å². The van der Waals surface area contributed by atoms with Crippen LogP contribution in [0.25, 0.3) is 10.8 Å². The smallest absolute Gasteiger partial charge is 0.419 e. The number of hydrogen-bond acceptors (Lipinski definition) is 4. The molecule has 0 bridgehead atoms. The number of aliphatic carboxylic acids is 1. The lowest BCUT2D eigenvalue weighted by Gasteiger charge is -2.19. The number of alkyl halides is 6. The molecule has 186 valence electrons. The summed E-state index contributed by atoms with van der Waals surface area (Å²) < 4.78 is 83.1. The molecule has 12 heteroatoms. The first kappa shape index (κ1) is 25.8. The molecule has 0 heterocycles. The van der Waals surface area contributed by atoms with Gasteiger partial charge >= 0.3 is 18.3 Å². The summed E-state index contributed by atoms with van der Waals surface area (Å²) in [6.45, 7) is -0.660. The summed E-state index contributed by atoms with van der Waals surface area (Å²) in [5.74, 6) is -3.91. The Morgan fingerprint density at radius 1 is 0.914 bits per heavy atom. The molecule has 0 aromatic heterocycles. The van der Waals surface area contributed by atoms with Crippen molar-refractivity contribution < 1.29 is 50.9 Å². The van der Waals surface area contributed by atoms with Gasteiger partial charge < -0.3 is 20.3 Å². The third-order valence-electron chi connectivity index (χ3n) is 4.98. The molecular weight excluding hydrogens is 484 g/mol. The summed E-state index contributed by atoms with van der Waals surface area (Å²) in [7, 11) is 0. The van der Waals surface area contributed by atoms with Gasteiger partial charge in [-0.15, -0.1) is 0 Å². The third kappa shape index (κ3) is 6.01. The van der Waals surface area contributed by atoms with Gasteiger partial charge in [0.1, 0.15) is 12.4 Å². The minimum Gasteiger partial charge on any atom is -0.487 e. The molecule has 3 rings (SSSR count). The predicted octanol–water partition coefficient (Wildman–Crippen LogP) is 4.68. The van der Waals surface area contributed by atoms with Gasteiger partial charge in [0.15, 0.2) is 0 Å². The van der Waals surface area contributed by atoms with Gasteiger partial charge in [-0.2, -0.15) is 26.3 Å². The molecule has 1 amide bonds. The lowest BCUT2D eigenvalue weighted by Crippen LogP contribution is -2.50. The number of carbonyl (C=O) groups is 2. The molecule has 1 unspecified atom stereocenters. The highest BCUT2D eigenvalue weighted by molar-refractivity contribution is 6.05. The topological polar surface area (TPSA) is 95.9 Å². The molecule has 0 aliphatic heterocycles. The van der Waals surface area contributed by atoms with Crippen LogP contribution in [0, 0.1) is 0 Å². The zero-order valence-corrected chi connectivity index (χ0v) is 17.6. The van der Waals surface area contributed by atoms with E-state index in [1.807, 2.05) is 0 Å². The SMILES string of the molecule is O=C(NC(C(=O)O)C(F)(F)F)c1ccc2cc(CO)ccc2c1OCc1ccc(C(F)(F)F)cc1. The molecule has 0 aliphatic carbocycles. The second-order valence-electron chi connectivity index (χ2n) is 7.43. The van der Waals surface area contributed by atoms with Crippen molar-refractivity contribution in [3.8, 4) is 5.75 Å². The molecule has 6 nitrogen and oxygen atoms in total. The van der Waals surface area contributed by atoms with Crippen molar-refractivity contribution in [3.63, 3.8) is 0 Å². The highest BCUT2D eigenvalue weighted by atomic mass is 19.4. The number of ether oxygens (including phenoxy) is 1. The van der Waals surface area contributed by atoms with Gasteiger partial charge in [0.25, 0.3) is 5.91 Å². The first-order valence-corrected chi connectivity index (χ1v) is 9.87. The Balaban J connectivity index is 1.99. The summed E-state index contributed by atoms with van der Waals surface area (Å²) in [4.78, 5) is 23.7. The Hall–Kier alpha value is -3.80. The zero-order chi connectivity index (χ0) is 26.0. The molecule has 0 spiro atoms. The van der Waals surface area contributed by atoms with Crippen LogP contribution in [-0.2, 0) is 24.2 Å². The number of nitrogens with one attached hydrogen (secondary N) is 1. The Morgan fingerprint density at radius 2 is 1.54 bits per heavy atom. The molecule has 0 saturated heterocycles. The first-order chi connectivity index (χ1) is 16.3. The van der Waals surface area contributed by atoms with Crippen molar-refractivity contribution in [3.05, 3.63) is 76.9 Å². The maximum Gasteiger partial charge on any atom is 0.419 e. The van der Waals surface area contributed by atoms with Gasteiger partial charge in [-0.05, 0) is 40.8 Å². The molecule has 3 aromatic carbocycles. The zero-order valence-electron chi connectivity index (χ0n) is 17.6. The fourth-order valence-corrected chi connectivity index (χ4v) is 3.22. The van der Waals surface area contributed by atoms with Crippen molar-refractivity contribution in [2.75, 3.05) is 0 Å². The molecule has 0 saturated carbocycles. The summed E-state index contributed by atoms with van der Waals surface area (Å²) in [5, 5.41) is 20.3. The van der Waals surface area contributed by atoms with Crippen LogP contribution in [0.5, 0.6) is 5.75 Å². The number of aliphatic hydroxyl groups excluding tert-OH is 1. The Labute approximate surface area is 193 Å². The average molecular weight is 501 g/mol. The number of carboxylic acid groups (broad SMARTS) is 1. The molecule has 35 heavy (non-hydrogen) atoms. The van der Waals surface area contributed by atoms with E-state index in [-0.39, 0.29) is 29.9 Å². The van der Waals surface area contributed by atoms with Crippen LogP contribution in [0.15, 0.2) is 54.6 Å². The standard InChI is InChI=1S/C23H17F6NO5/c24-22(25,26)15-5-1-12(2-6-15)11-35-18-16-7-3-13(10-31)9-14(16)4-8-17(18)20(32)30-19(21(33)34)23(27,28)29/h1-9,19,31H,10-11H2,(H,30,32)(H,33,34). The van der Waals surface area contributed by atoms with Crippen molar-refractivity contribution in [1.29, 1.82) is 0 Å². The first-order valence-electron chi connectivity index (χ1n) is 9.87. The summed E-state index contributed by atoms with van der Waals surface area (Å²) >= 11 is 0. The number of benzene rings is 3. The van der Waals surface area contributed by atoms with Gasteiger partial charge in [0.2, 0.25) is 6.04 Å². The Kier molecular flexibility index (Phi) is 7.25. The van der Waals surface area contributed by atoms with E-state index in [0.29, 0.717) is 10.9 Å². The predicted molar refractivity (Wildman–Crippen MR) is 111 cm³/mol. The fraction of sp³-hybridized carbons (Fsp3) is 0.217. The molecule has 3 aromatic rings. The van der Waals surface area contributed by atoms with Crippen LogP contribution in [0.4, 0.5) is 26.3 Å². The van der Waals surface area contributed by atoms with Crippen LogP contribution in [0.2, 0.25) is 0 Å². The largest absolute Gasteiger partial charge is 0.487 e. The number of halogens is 6. The normalized spacial score (nSPS) is 12.9. The van der Waals surface area contributed by atoms with Crippen molar-refractivity contribution in [2.45, 2.75) is 31.6 Å². The van der Waals surface area contributed by atoms with Crippen LogP contribution < -0.4 is 10.1 Å². The molecular formula is C23H17F6NO5. The van der Waals surface area contributed by atoms with Crippen LogP contribution >= 0.6 is 0 Å². The monoisotopic (exact) mass is 501 g/mol. The highest BCUT2D eigenvalue weighted by Gasteiger charge is 2.46. The van der Waals surface area contributed by atoms with Crippen molar-refractivity contribution >= 4 is 22.6 Å². The van der Waals surface area contributed by atoms with E-state index in [4.69, 9.17) is 9.84 Å². The second-order valence-corrected chi connectivity index (χ2v) is 7.43. The van der Waals surface area contributed by atoms with Gasteiger partial charge in [0.05, 0.1) is 17.7 Å². The van der Waals surface area contributed by atoms with Crippen LogP contribution in [0.1, 0.15) is 27.0 Å². The number of hydrogen-bond donors (Lipinski definition) is 3. The highest BCUT2D eigenvalue weighted by Crippen LogP contribution is 2.33. The maximum atomic E-state index is 13.0. The van der Waals surface area contributed by atoms with E-state index in [1.165, 1.54) is 29.6 Å². The number of amides is 1. The molecule has 0 aliphatic rings. The van der Waals surface area contributed by atoms with E-state index >= 15 is 0 Å². The van der Waals surface area contributed by atoms with E-state index in [9.17, 15) is 41.0 Å². The van der Waals surface area contributed by atoms with Gasteiger partial charge in [0, 0.05) is 5.39 Å². The Bertz CT molecular complexity index is 1240. The van der Waals surface area contributed by atoms with Gasteiger partial charge in [-0.1, -0.05) is 30.3 Å². The third-order valence-corrected chi connectivity index (χ3v) is 4.98. The summed E-state index contributed by atoms with van der Waals surface area (Å²) in [6, 6.07) is 7.70. The minimum atomic E-state index is -5.27. The summed E-state index contributed by atoms with van der Waals surface area (Å²) in [6.07, 6.45) is -9.82. The molecule has 1 atom stereocenters. The average Bonchev–Trinajstić information content (AvgIpc) is 2.79. The number of fused-ring (bicyclic) bond motifs is 1. The Morgan fingerprint density at radius 3 is 2.09 bits per heavy atom. The lowest BCUT2D eigenvalue weighted by atomic mass is 10.0. The molecule has 0 fully saturated rings. The van der Waals surface area contributed by atoms with Crippen LogP contribution in [-0.4, -0.2) is 34.3 Å². The van der Waals surface area contributed by atoms with E-state index in [1.54, 1.807) is 0 Å². The number of carboxylic acids is 1. The summed E-state index contributed by atoms with van der Waals surface area (Å²) in [5.41, 5.74) is -0.551. The van der Waals surface area contributed by atoms with E-state index < -0.39 is 41.4 Å². The van der Waals surface area contributed by atoms with Crippen molar-refractivity contribution in [1.82, 2.24) is 5.32 Å².